The van der Waals surface area contributed by atoms with Crippen molar-refractivity contribution in [3.8, 4) is 22.3 Å². The van der Waals surface area contributed by atoms with Crippen molar-refractivity contribution in [1.82, 2.24) is 0 Å². The molecule has 368 valence electrons. The topological polar surface area (TPSA) is 6.48 Å². The standard InChI is InChI=1S/C70H75BN2/c1-45(2)47-39-63-65-64(40-47)73(60-35-31-50(67(6,7)8)41-55(60)54-28-22-21-27-53(54)46-23-17-15-18-24-46)62-44-57-56(68(9,10)37-38-69(57,11)12)43-59(62)71(65)58-42-51(70(13,14)49-25-19-16-20-26-49)32-36-61(58)72(63)52-33-29-48(30-34-52)66(3,4)5/h15-36,39-45H,37-38H2,1-14H3. The quantitative estimate of drug-likeness (QED) is 0.147. The Labute approximate surface area is 438 Å². The molecule has 3 aliphatic rings. The minimum Gasteiger partial charge on any atom is -0.311 e. The molecule has 8 aromatic rings. The molecule has 0 unspecified atom stereocenters. The molecule has 2 nitrogen and oxygen atoms in total. The molecule has 73 heavy (non-hydrogen) atoms. The van der Waals surface area contributed by atoms with E-state index < -0.39 is 0 Å². The van der Waals surface area contributed by atoms with Crippen molar-refractivity contribution >= 4 is 57.2 Å². The Bertz CT molecular complexity index is 3410. The molecule has 8 aromatic carbocycles. The van der Waals surface area contributed by atoms with Gasteiger partial charge in [0.05, 0.1) is 5.69 Å². The first kappa shape index (κ1) is 48.7. The van der Waals surface area contributed by atoms with Crippen molar-refractivity contribution in [1.29, 1.82) is 0 Å². The van der Waals surface area contributed by atoms with E-state index in [9.17, 15) is 0 Å². The Balaban J connectivity index is 1.29. The summed E-state index contributed by atoms with van der Waals surface area (Å²) in [6.45, 7) is 33.5. The van der Waals surface area contributed by atoms with E-state index in [-0.39, 0.29) is 39.7 Å². The van der Waals surface area contributed by atoms with Crippen LogP contribution in [0.25, 0.3) is 22.3 Å². The van der Waals surface area contributed by atoms with Gasteiger partial charge >= 0.3 is 0 Å². The van der Waals surface area contributed by atoms with Crippen LogP contribution in [0.15, 0.2) is 170 Å². The number of anilines is 6. The lowest BCUT2D eigenvalue weighted by Crippen LogP contribution is -2.62. The van der Waals surface area contributed by atoms with Gasteiger partial charge in [-0.3, -0.25) is 0 Å². The average Bonchev–Trinajstić information content (AvgIpc) is 3.37. The van der Waals surface area contributed by atoms with E-state index in [1.807, 2.05) is 0 Å². The van der Waals surface area contributed by atoms with E-state index in [0.29, 0.717) is 0 Å². The maximum Gasteiger partial charge on any atom is 0.252 e. The van der Waals surface area contributed by atoms with Crippen LogP contribution >= 0.6 is 0 Å². The summed E-state index contributed by atoms with van der Waals surface area (Å²) in [4.78, 5) is 5.34. The van der Waals surface area contributed by atoms with Crippen molar-refractivity contribution in [2.45, 2.75) is 143 Å². The zero-order valence-corrected chi connectivity index (χ0v) is 46.1. The first-order valence-electron chi connectivity index (χ1n) is 27.1. The van der Waals surface area contributed by atoms with E-state index in [1.54, 1.807) is 0 Å². The number of fused-ring (bicyclic) bond motifs is 5. The van der Waals surface area contributed by atoms with Gasteiger partial charge in [-0.1, -0.05) is 218 Å². The number of hydrogen-bond donors (Lipinski definition) is 0. The van der Waals surface area contributed by atoms with Gasteiger partial charge in [0, 0.05) is 39.4 Å². The van der Waals surface area contributed by atoms with Gasteiger partial charge in [0.15, 0.2) is 0 Å². The number of benzene rings is 8. The molecule has 0 spiro atoms. The number of nitrogens with zero attached hydrogens (tertiary/aromatic N) is 2. The third kappa shape index (κ3) is 8.18. The zero-order chi connectivity index (χ0) is 51.6. The van der Waals surface area contributed by atoms with E-state index in [0.717, 1.165) is 12.8 Å². The fourth-order valence-electron chi connectivity index (χ4n) is 12.5. The molecule has 1 aliphatic carbocycles. The first-order valence-corrected chi connectivity index (χ1v) is 27.1. The van der Waals surface area contributed by atoms with Crippen LogP contribution in [0.4, 0.5) is 34.1 Å². The normalized spacial score (nSPS) is 15.7. The highest BCUT2D eigenvalue weighted by Crippen LogP contribution is 2.53. The maximum atomic E-state index is 2.72. The van der Waals surface area contributed by atoms with Gasteiger partial charge in [0.1, 0.15) is 0 Å². The fraction of sp³-hybridized carbons (Fsp3) is 0.314. The second-order valence-electron chi connectivity index (χ2n) is 25.9. The van der Waals surface area contributed by atoms with Crippen LogP contribution in [0, 0.1) is 0 Å². The third-order valence-corrected chi connectivity index (χ3v) is 17.3. The highest BCUT2D eigenvalue weighted by atomic mass is 15.2. The van der Waals surface area contributed by atoms with Gasteiger partial charge in [-0.2, -0.15) is 0 Å². The zero-order valence-electron chi connectivity index (χ0n) is 46.1. The average molecular weight is 955 g/mol. The van der Waals surface area contributed by atoms with E-state index >= 15 is 0 Å². The Morgan fingerprint density at radius 1 is 0.425 bits per heavy atom. The summed E-state index contributed by atoms with van der Waals surface area (Å²) in [5.74, 6) is 0.286. The molecule has 11 rings (SSSR count). The van der Waals surface area contributed by atoms with Crippen molar-refractivity contribution in [3.63, 3.8) is 0 Å². The summed E-state index contributed by atoms with van der Waals surface area (Å²) in [5.41, 5.74) is 25.9. The molecular weight excluding hydrogens is 880 g/mol. The van der Waals surface area contributed by atoms with Crippen LogP contribution in [-0.4, -0.2) is 6.71 Å². The minimum atomic E-state index is -0.235. The lowest BCUT2D eigenvalue weighted by atomic mass is 9.32. The van der Waals surface area contributed by atoms with Crippen molar-refractivity contribution in [2.24, 2.45) is 0 Å². The molecule has 0 saturated heterocycles. The largest absolute Gasteiger partial charge is 0.311 e. The molecule has 3 heteroatoms. The Kier molecular flexibility index (Phi) is 11.5. The summed E-state index contributed by atoms with van der Waals surface area (Å²) in [6.07, 6.45) is 2.30. The van der Waals surface area contributed by atoms with Crippen LogP contribution in [-0.2, 0) is 27.1 Å². The van der Waals surface area contributed by atoms with E-state index in [1.165, 1.54) is 112 Å². The molecule has 0 bridgehead atoms. The Morgan fingerprint density at radius 3 is 1.56 bits per heavy atom. The molecule has 2 heterocycles. The lowest BCUT2D eigenvalue weighted by molar-refractivity contribution is 0.332. The van der Waals surface area contributed by atoms with Crippen molar-refractivity contribution in [2.75, 3.05) is 9.80 Å². The molecule has 0 saturated carbocycles. The second kappa shape index (κ2) is 17.3. The van der Waals surface area contributed by atoms with Gasteiger partial charge in [-0.05, 0) is 161 Å². The van der Waals surface area contributed by atoms with Gasteiger partial charge in [-0.15, -0.1) is 0 Å². The highest BCUT2D eigenvalue weighted by Gasteiger charge is 2.47. The first-order chi connectivity index (χ1) is 34.5. The smallest absolute Gasteiger partial charge is 0.252 e. The summed E-state index contributed by atoms with van der Waals surface area (Å²) >= 11 is 0. The summed E-state index contributed by atoms with van der Waals surface area (Å²) < 4.78 is 0. The number of hydrogen-bond acceptors (Lipinski definition) is 2. The molecule has 0 atom stereocenters. The van der Waals surface area contributed by atoms with Crippen LogP contribution < -0.4 is 26.2 Å². The molecule has 0 amide bonds. The van der Waals surface area contributed by atoms with Crippen molar-refractivity contribution < 1.29 is 0 Å². The monoisotopic (exact) mass is 955 g/mol. The highest BCUT2D eigenvalue weighted by molar-refractivity contribution is 7.00. The van der Waals surface area contributed by atoms with Gasteiger partial charge in [-0.25, -0.2) is 0 Å². The predicted octanol–water partition coefficient (Wildman–Crippen LogP) is 17.5. The lowest BCUT2D eigenvalue weighted by Gasteiger charge is -2.48. The fourth-order valence-corrected chi connectivity index (χ4v) is 12.5. The van der Waals surface area contributed by atoms with Crippen LogP contribution in [0.2, 0.25) is 0 Å². The third-order valence-electron chi connectivity index (χ3n) is 17.3. The number of rotatable bonds is 7. The minimum absolute atomic E-state index is 0.00295. The van der Waals surface area contributed by atoms with Gasteiger partial charge < -0.3 is 9.80 Å². The molecular formula is C70H75BN2. The maximum absolute atomic E-state index is 2.72. The summed E-state index contributed by atoms with van der Waals surface area (Å²) in [5, 5.41) is 0. The molecule has 0 aromatic heterocycles. The second-order valence-corrected chi connectivity index (χ2v) is 25.9. The van der Waals surface area contributed by atoms with Gasteiger partial charge in [0.25, 0.3) is 6.71 Å². The molecule has 0 fully saturated rings. The van der Waals surface area contributed by atoms with Crippen LogP contribution in [0.3, 0.4) is 0 Å². The summed E-state index contributed by atoms with van der Waals surface area (Å²) in [6, 6.07) is 66.0. The van der Waals surface area contributed by atoms with Crippen LogP contribution in [0.1, 0.15) is 155 Å². The predicted molar refractivity (Wildman–Crippen MR) is 317 cm³/mol. The van der Waals surface area contributed by atoms with E-state index in [2.05, 4.69) is 277 Å². The summed E-state index contributed by atoms with van der Waals surface area (Å²) in [7, 11) is 0. The van der Waals surface area contributed by atoms with Crippen LogP contribution in [0.5, 0.6) is 0 Å². The molecule has 2 aliphatic heterocycles. The van der Waals surface area contributed by atoms with Gasteiger partial charge in [0.2, 0.25) is 0 Å². The Morgan fingerprint density at radius 2 is 0.945 bits per heavy atom. The molecule has 0 N–H and O–H groups in total. The molecule has 0 radical (unpaired) electrons. The Hall–Kier alpha value is -6.58. The van der Waals surface area contributed by atoms with Crippen molar-refractivity contribution in [3.05, 3.63) is 209 Å². The van der Waals surface area contributed by atoms with E-state index in [4.69, 9.17) is 0 Å². The SMILES string of the molecule is CC(C)c1cc2c3c(c1)N(c1ccc(C(C)(C)C)cc1-c1ccccc1-c1ccccc1)c1cc4c(cc1B3c1cc(C(C)(C)c3ccccc3)ccc1N2c1ccc(C(C)(C)C)cc1)C(C)(C)CCC4(C)C.